The number of allylic oxidation sites excluding steroid dienone is 2. The Labute approximate surface area is 240 Å². The Kier molecular flexibility index (Phi) is 14.8. The maximum atomic E-state index is 4.79. The highest BCUT2D eigenvalue weighted by Crippen LogP contribution is 2.47. The third kappa shape index (κ3) is 9.49. The number of hydrogen-bond donors (Lipinski definition) is 0. The molecule has 3 heteroatoms. The molecular weight excluding hydrogens is 480 g/mol. The van der Waals surface area contributed by atoms with Crippen LogP contribution in [0.25, 0.3) is 16.8 Å². The highest BCUT2D eigenvalue weighted by Gasteiger charge is 2.37. The van der Waals surface area contributed by atoms with Gasteiger partial charge in [0, 0.05) is 5.56 Å². The minimum atomic E-state index is 0.210. The fourth-order valence-corrected chi connectivity index (χ4v) is 6.13. The monoisotopic (exact) mass is 538 g/mol. The van der Waals surface area contributed by atoms with Crippen molar-refractivity contribution in [1.82, 2.24) is 9.88 Å². The minimum Gasteiger partial charge on any atom is -0.303 e. The summed E-state index contributed by atoms with van der Waals surface area (Å²) in [4.78, 5) is 8.52. The van der Waals surface area contributed by atoms with E-state index in [4.69, 9.17) is 4.98 Å². The topological polar surface area (TPSA) is 16.1 Å². The van der Waals surface area contributed by atoms with Crippen LogP contribution in [0.4, 0.5) is 0 Å². The Hall–Kier alpha value is -1.71. The number of fused-ring (bicyclic) bond motifs is 1. The molecule has 1 heterocycles. The molecule has 0 unspecified atom stereocenters. The summed E-state index contributed by atoms with van der Waals surface area (Å²) in [6.07, 6.45) is 11.0. The van der Waals surface area contributed by atoms with Crippen molar-refractivity contribution in [3.8, 4) is 11.3 Å². The first-order valence-electron chi connectivity index (χ1n) is 15.2. The summed E-state index contributed by atoms with van der Waals surface area (Å²) in [5.74, 6) is 0. The van der Waals surface area contributed by atoms with Gasteiger partial charge in [-0.05, 0) is 92.3 Å². The van der Waals surface area contributed by atoms with Crippen molar-refractivity contribution in [2.45, 2.75) is 125 Å². The van der Waals surface area contributed by atoms with Gasteiger partial charge in [0.15, 0.2) is 0 Å². The Morgan fingerprint density at radius 1 is 0.921 bits per heavy atom. The molecule has 214 valence electrons. The van der Waals surface area contributed by atoms with E-state index in [1.165, 1.54) is 81.3 Å². The number of rotatable bonds is 11. The third-order valence-corrected chi connectivity index (χ3v) is 8.60. The van der Waals surface area contributed by atoms with Crippen molar-refractivity contribution in [1.29, 1.82) is 0 Å². The van der Waals surface area contributed by atoms with Crippen LogP contribution in [0.2, 0.25) is 0 Å². The number of thiazole rings is 1. The van der Waals surface area contributed by atoms with Gasteiger partial charge in [0.2, 0.25) is 0 Å². The van der Waals surface area contributed by atoms with Crippen molar-refractivity contribution in [3.05, 3.63) is 58.4 Å². The van der Waals surface area contributed by atoms with E-state index < -0.39 is 0 Å². The lowest BCUT2D eigenvalue weighted by Gasteiger charge is -2.42. The third-order valence-electron chi connectivity index (χ3n) is 7.56. The molecule has 0 amide bonds. The van der Waals surface area contributed by atoms with Crippen LogP contribution in [0.1, 0.15) is 128 Å². The molecule has 1 aliphatic rings. The fourth-order valence-electron chi connectivity index (χ4n) is 5.22. The van der Waals surface area contributed by atoms with Gasteiger partial charge in [0.05, 0.1) is 15.6 Å². The van der Waals surface area contributed by atoms with Gasteiger partial charge in [-0.3, -0.25) is 0 Å². The molecule has 0 spiro atoms. The smallest absolute Gasteiger partial charge is 0.0908 e. The van der Waals surface area contributed by atoms with Crippen LogP contribution in [0.15, 0.2) is 37.4 Å². The van der Waals surface area contributed by atoms with Gasteiger partial charge in [0.1, 0.15) is 0 Å². The predicted octanol–water partition coefficient (Wildman–Crippen LogP) is 11.0. The Bertz CT molecular complexity index is 989. The van der Waals surface area contributed by atoms with Gasteiger partial charge in [-0.1, -0.05) is 107 Å². The van der Waals surface area contributed by atoms with E-state index in [1.54, 1.807) is 11.3 Å². The van der Waals surface area contributed by atoms with Crippen LogP contribution < -0.4 is 0 Å². The number of unbranched alkanes of at least 4 members (excludes halogenated alkanes) is 2. The van der Waals surface area contributed by atoms with E-state index in [0.717, 1.165) is 21.2 Å². The van der Waals surface area contributed by atoms with Gasteiger partial charge in [-0.2, -0.15) is 0 Å². The number of benzene rings is 1. The molecule has 1 aromatic carbocycles. The average molecular weight is 539 g/mol. The number of nitrogens with zero attached hydrogens (tertiary/aromatic N) is 2. The van der Waals surface area contributed by atoms with Crippen LogP contribution >= 0.6 is 11.3 Å². The lowest BCUT2D eigenvalue weighted by atomic mass is 9.63. The molecule has 0 saturated carbocycles. The summed E-state index contributed by atoms with van der Waals surface area (Å²) in [7, 11) is 0. The minimum absolute atomic E-state index is 0.210. The van der Waals surface area contributed by atoms with E-state index in [2.05, 4.69) is 91.6 Å². The molecule has 0 bridgehead atoms. The quantitative estimate of drug-likeness (QED) is 0.209. The summed E-state index contributed by atoms with van der Waals surface area (Å²) in [5, 5.41) is 1.07. The van der Waals surface area contributed by atoms with E-state index in [9.17, 15) is 0 Å². The van der Waals surface area contributed by atoms with Crippen molar-refractivity contribution in [2.75, 3.05) is 19.6 Å². The van der Waals surface area contributed by atoms with Gasteiger partial charge in [-0.25, -0.2) is 4.98 Å². The van der Waals surface area contributed by atoms with Crippen molar-refractivity contribution in [3.63, 3.8) is 0 Å². The van der Waals surface area contributed by atoms with E-state index in [0.29, 0.717) is 0 Å². The molecule has 0 radical (unpaired) electrons. The van der Waals surface area contributed by atoms with Crippen LogP contribution in [0, 0.1) is 6.92 Å². The average Bonchev–Trinajstić information content (AvgIpc) is 3.30. The Balaban J connectivity index is 0.000000439. The van der Waals surface area contributed by atoms with Crippen LogP contribution in [-0.2, 0) is 10.8 Å². The molecule has 1 aromatic heterocycles. The molecule has 0 atom stereocenters. The molecule has 3 rings (SSSR count). The molecule has 0 aliphatic heterocycles. The normalized spacial score (nSPS) is 15.0. The molecule has 38 heavy (non-hydrogen) atoms. The van der Waals surface area contributed by atoms with E-state index in [1.807, 2.05) is 19.9 Å². The van der Waals surface area contributed by atoms with Crippen LogP contribution in [0.3, 0.4) is 0 Å². The lowest BCUT2D eigenvalue weighted by Crippen LogP contribution is -2.33. The van der Waals surface area contributed by atoms with Crippen LogP contribution in [-0.4, -0.2) is 29.5 Å². The summed E-state index contributed by atoms with van der Waals surface area (Å²) < 4.78 is 0. The SMILES string of the molecule is C=CC(=C)c1sc(C)nc1-c1ccc2c(c1)C(C)(C)CCC2(C)C.CC.CCCCCN(CCC)CCC. The number of hydrogen-bond acceptors (Lipinski definition) is 3. The highest BCUT2D eigenvalue weighted by atomic mass is 32.1. The zero-order valence-corrected chi connectivity index (χ0v) is 27.4. The number of aryl methyl sites for hydroxylation is 1. The molecule has 0 N–H and O–H groups in total. The van der Waals surface area contributed by atoms with E-state index in [-0.39, 0.29) is 10.8 Å². The Morgan fingerprint density at radius 3 is 2.03 bits per heavy atom. The second-order valence-corrected chi connectivity index (χ2v) is 12.9. The lowest BCUT2D eigenvalue weighted by molar-refractivity contribution is 0.269. The first kappa shape index (κ1) is 34.3. The predicted molar refractivity (Wildman–Crippen MR) is 175 cm³/mol. The second-order valence-electron chi connectivity index (χ2n) is 11.7. The summed E-state index contributed by atoms with van der Waals surface area (Å²) in [6, 6.07) is 6.92. The highest BCUT2D eigenvalue weighted by molar-refractivity contribution is 7.13. The maximum absolute atomic E-state index is 4.79. The van der Waals surface area contributed by atoms with Crippen molar-refractivity contribution < 1.29 is 0 Å². The van der Waals surface area contributed by atoms with Crippen LogP contribution in [0.5, 0.6) is 0 Å². The summed E-state index contributed by atoms with van der Waals surface area (Å²) in [5.41, 5.74) is 6.60. The number of aromatic nitrogens is 1. The molecular formula is C35H58N2S. The largest absolute Gasteiger partial charge is 0.303 e. The van der Waals surface area contributed by atoms with Gasteiger partial charge >= 0.3 is 0 Å². The standard InChI is InChI=1S/C22H27NS.C11H25N.C2H6/c1-8-14(2)20-19(23-15(3)24-20)16-9-10-17-18(13-16)22(6,7)12-11-21(17,4)5;1-4-7-8-11-12(9-5-2)10-6-3;1-2/h8-10,13H,1-2,11-12H2,3-7H3;4-11H2,1-3H3;1-2H3. The van der Waals surface area contributed by atoms with Gasteiger partial charge < -0.3 is 4.90 Å². The molecule has 2 nitrogen and oxygen atoms in total. The molecule has 1 aliphatic carbocycles. The molecule has 2 aromatic rings. The fraction of sp³-hybridized carbons (Fsp3) is 0.629. The van der Waals surface area contributed by atoms with Crippen molar-refractivity contribution >= 4 is 16.9 Å². The first-order valence-corrected chi connectivity index (χ1v) is 16.0. The van der Waals surface area contributed by atoms with Crippen molar-refractivity contribution in [2.24, 2.45) is 0 Å². The molecule has 0 saturated heterocycles. The van der Waals surface area contributed by atoms with Gasteiger partial charge in [-0.15, -0.1) is 11.3 Å². The maximum Gasteiger partial charge on any atom is 0.0908 e. The molecule has 0 fully saturated rings. The zero-order valence-electron chi connectivity index (χ0n) is 26.6. The summed E-state index contributed by atoms with van der Waals surface area (Å²) in [6.45, 7) is 34.2. The Morgan fingerprint density at radius 2 is 1.50 bits per heavy atom. The van der Waals surface area contributed by atoms with Gasteiger partial charge in [0.25, 0.3) is 0 Å². The van der Waals surface area contributed by atoms with E-state index >= 15 is 0 Å². The summed E-state index contributed by atoms with van der Waals surface area (Å²) >= 11 is 1.70. The zero-order chi connectivity index (χ0) is 28.9. The second kappa shape index (κ2) is 16.4. The first-order chi connectivity index (χ1) is 18.0.